The molecule has 0 heterocycles. The smallest absolute Gasteiger partial charge is 1.00 e. The van der Waals surface area contributed by atoms with E-state index in [1.54, 1.807) is 0 Å². The molecule has 0 aliphatic rings. The molecule has 0 spiro atoms. The van der Waals surface area contributed by atoms with Crippen LogP contribution in [0.3, 0.4) is 0 Å². The maximum absolute atomic E-state index is 2.28. The third-order valence-electron chi connectivity index (χ3n) is 6.86. The van der Waals surface area contributed by atoms with Crippen LogP contribution in [-0.2, 0) is 26.2 Å². The van der Waals surface area contributed by atoms with Crippen LogP contribution in [0, 0.1) is 41.5 Å². The van der Waals surface area contributed by atoms with E-state index in [0.717, 1.165) is 0 Å². The third kappa shape index (κ3) is 7.40. The molecule has 0 saturated heterocycles. The molecule has 0 N–H and O–H groups in total. The van der Waals surface area contributed by atoms with Crippen molar-refractivity contribution < 1.29 is 51.0 Å². The summed E-state index contributed by atoms with van der Waals surface area (Å²) < 4.78 is 0. The Bertz CT molecular complexity index is 1530. The Hall–Kier alpha value is -2.44. The van der Waals surface area contributed by atoms with E-state index in [1.165, 1.54) is 77.2 Å². The summed E-state index contributed by atoms with van der Waals surface area (Å²) in [5.41, 5.74) is 13.3. The van der Waals surface area contributed by atoms with Crippen LogP contribution in [0.4, 0.5) is 0 Å². The van der Waals surface area contributed by atoms with E-state index in [-0.39, 0.29) is 51.0 Å². The largest absolute Gasteiger partial charge is 4.00 e. The van der Waals surface area contributed by atoms with E-state index in [2.05, 4.69) is 139 Å². The van der Waals surface area contributed by atoms with Gasteiger partial charge in [-0.2, -0.15) is 12.1 Å². The van der Waals surface area contributed by atoms with Crippen LogP contribution < -0.4 is 24.8 Å². The minimum Gasteiger partial charge on any atom is -1.00 e. The fraction of sp³-hybridized carbons (Fsp3) is 0.167. The van der Waals surface area contributed by atoms with Gasteiger partial charge in [0.15, 0.2) is 0 Å². The summed E-state index contributed by atoms with van der Waals surface area (Å²) in [6.07, 6.45) is 0. The maximum Gasteiger partial charge on any atom is 4.00 e. The molecule has 0 fully saturated rings. The number of halogens is 2. The molecule has 0 atom stereocenters. The van der Waals surface area contributed by atoms with E-state index in [1.807, 2.05) is 0 Å². The molecule has 6 rings (SSSR count). The van der Waals surface area contributed by atoms with Crippen molar-refractivity contribution in [1.82, 2.24) is 0 Å². The number of fused-ring (bicyclic) bond motifs is 2. The topological polar surface area (TPSA) is 0 Å². The first-order chi connectivity index (χ1) is 17.3. The van der Waals surface area contributed by atoms with Crippen molar-refractivity contribution in [3.05, 3.63) is 130 Å². The summed E-state index contributed by atoms with van der Waals surface area (Å²) in [5.74, 6) is 0. The van der Waals surface area contributed by atoms with Crippen LogP contribution in [0.15, 0.2) is 97.1 Å². The molecule has 0 amide bonds. The van der Waals surface area contributed by atoms with Crippen LogP contribution >= 0.6 is 0 Å². The van der Waals surface area contributed by atoms with E-state index >= 15 is 0 Å². The summed E-state index contributed by atoms with van der Waals surface area (Å²) in [6, 6.07) is 35.7. The van der Waals surface area contributed by atoms with Crippen LogP contribution in [0.1, 0.15) is 33.4 Å². The van der Waals surface area contributed by atoms with Crippen molar-refractivity contribution >= 4 is 21.5 Å². The minimum atomic E-state index is 0. The van der Waals surface area contributed by atoms with Crippen LogP contribution in [0.25, 0.3) is 43.8 Å². The zero-order valence-corrected chi connectivity index (χ0v) is 27.5. The number of hydrogen-bond acceptors (Lipinski definition) is 0. The molecule has 0 aromatic heterocycles. The van der Waals surface area contributed by atoms with Gasteiger partial charge in [0, 0.05) is 0 Å². The molecule has 196 valence electrons. The van der Waals surface area contributed by atoms with Crippen LogP contribution in [0.2, 0.25) is 0 Å². The Kier molecular flexibility index (Phi) is 11.6. The standard InChI is InChI=1S/2C18H17.2ClH.Zr/c2*1-12-7-13(2)10-16(9-12)17-6-4-5-15-8-14(3)11-18(15)17;;;/h2*4-11H,1-3H3;2*1H;/q2*-1;;;+4/p-2. The van der Waals surface area contributed by atoms with Gasteiger partial charge in [-0.25, -0.2) is 0 Å². The van der Waals surface area contributed by atoms with E-state index in [4.69, 9.17) is 0 Å². The number of hydrogen-bond donors (Lipinski definition) is 0. The Labute approximate surface area is 265 Å². The van der Waals surface area contributed by atoms with Gasteiger partial charge in [-0.15, -0.1) is 69.1 Å². The normalized spacial score (nSPS) is 10.2. The van der Waals surface area contributed by atoms with Gasteiger partial charge in [-0.3, -0.25) is 0 Å². The number of rotatable bonds is 2. The van der Waals surface area contributed by atoms with Crippen LogP contribution in [-0.4, -0.2) is 0 Å². The van der Waals surface area contributed by atoms with E-state index in [0.29, 0.717) is 0 Å². The van der Waals surface area contributed by atoms with Crippen molar-refractivity contribution in [2.45, 2.75) is 41.5 Å². The second-order valence-electron chi connectivity index (χ2n) is 10.4. The predicted molar refractivity (Wildman–Crippen MR) is 158 cm³/mol. The number of aryl methyl sites for hydroxylation is 6. The Morgan fingerprint density at radius 3 is 1.10 bits per heavy atom. The zero-order valence-electron chi connectivity index (χ0n) is 23.5. The molecule has 6 aromatic rings. The van der Waals surface area contributed by atoms with Crippen molar-refractivity contribution in [2.75, 3.05) is 0 Å². The van der Waals surface area contributed by atoms with E-state index in [9.17, 15) is 0 Å². The Morgan fingerprint density at radius 1 is 0.436 bits per heavy atom. The molecule has 0 unspecified atom stereocenters. The summed E-state index contributed by atoms with van der Waals surface area (Å²) >= 11 is 0. The first kappa shape index (κ1) is 32.8. The molecular weight excluding hydrogens is 595 g/mol. The summed E-state index contributed by atoms with van der Waals surface area (Å²) in [5, 5.41) is 5.40. The van der Waals surface area contributed by atoms with Crippen LogP contribution in [0.5, 0.6) is 0 Å². The van der Waals surface area contributed by atoms with Gasteiger partial charge in [0.25, 0.3) is 0 Å². The summed E-state index contributed by atoms with van der Waals surface area (Å²) in [7, 11) is 0. The zero-order chi connectivity index (χ0) is 25.4. The molecule has 3 heteroatoms. The van der Waals surface area contributed by atoms with Crippen molar-refractivity contribution in [1.29, 1.82) is 0 Å². The Morgan fingerprint density at radius 2 is 0.769 bits per heavy atom. The first-order valence-electron chi connectivity index (χ1n) is 12.8. The van der Waals surface area contributed by atoms with Gasteiger partial charge in [0.2, 0.25) is 0 Å². The molecule has 0 saturated carbocycles. The molecule has 0 aliphatic heterocycles. The average molecular weight is 629 g/mol. The minimum absolute atomic E-state index is 0. The molecule has 0 aliphatic carbocycles. The van der Waals surface area contributed by atoms with Crippen molar-refractivity contribution in [3.63, 3.8) is 0 Å². The van der Waals surface area contributed by atoms with Gasteiger partial charge in [0.05, 0.1) is 0 Å². The molecule has 0 bridgehead atoms. The van der Waals surface area contributed by atoms with E-state index < -0.39 is 0 Å². The fourth-order valence-electron chi connectivity index (χ4n) is 5.53. The average Bonchev–Trinajstić information content (AvgIpc) is 3.38. The predicted octanol–water partition coefficient (Wildman–Crippen LogP) is 4.31. The summed E-state index contributed by atoms with van der Waals surface area (Å²) in [4.78, 5) is 0. The molecule has 39 heavy (non-hydrogen) atoms. The SMILES string of the molecule is Cc1cc(C)cc(-c2cccc3[cH-]c(C)cc23)c1.Cc1cc(C)cc(-c2cccc3[cH-]c(C)cc23)c1.[Cl-].[Cl-].[Zr+4]. The second-order valence-corrected chi connectivity index (χ2v) is 10.4. The van der Waals surface area contributed by atoms with Gasteiger partial charge in [-0.1, -0.05) is 95.8 Å². The number of benzene rings is 4. The molecular formula is C36H34Cl2Zr. The first-order valence-corrected chi connectivity index (χ1v) is 12.8. The molecule has 0 radical (unpaired) electrons. The van der Waals surface area contributed by atoms with Gasteiger partial charge in [0.1, 0.15) is 0 Å². The van der Waals surface area contributed by atoms with Crippen molar-refractivity contribution in [2.24, 2.45) is 0 Å². The monoisotopic (exact) mass is 626 g/mol. The maximum atomic E-state index is 2.28. The quantitative estimate of drug-likeness (QED) is 0.251. The molecule has 0 nitrogen and oxygen atoms in total. The third-order valence-corrected chi connectivity index (χ3v) is 6.86. The van der Waals surface area contributed by atoms with Crippen molar-refractivity contribution in [3.8, 4) is 22.3 Å². The Balaban J connectivity index is 0.000000254. The van der Waals surface area contributed by atoms with Gasteiger partial charge < -0.3 is 24.8 Å². The van der Waals surface area contributed by atoms with Gasteiger partial charge in [-0.05, 0) is 38.8 Å². The second kappa shape index (κ2) is 13.8. The summed E-state index contributed by atoms with van der Waals surface area (Å²) in [6.45, 7) is 13.0. The molecule has 6 aromatic carbocycles. The fourth-order valence-corrected chi connectivity index (χ4v) is 5.53. The van der Waals surface area contributed by atoms with Gasteiger partial charge >= 0.3 is 26.2 Å².